The first-order valence-electron chi connectivity index (χ1n) is 10.9. The lowest BCUT2D eigenvalue weighted by Crippen LogP contribution is -2.47. The van der Waals surface area contributed by atoms with Crippen molar-refractivity contribution in [2.45, 2.75) is 57.5 Å². The van der Waals surface area contributed by atoms with Crippen LogP contribution in [0, 0.1) is 0 Å². The van der Waals surface area contributed by atoms with E-state index in [-0.39, 0.29) is 24.0 Å². The van der Waals surface area contributed by atoms with Gasteiger partial charge in [-0.3, -0.25) is 9.89 Å². The van der Waals surface area contributed by atoms with Gasteiger partial charge < -0.3 is 20.3 Å². The van der Waals surface area contributed by atoms with Gasteiger partial charge in [-0.1, -0.05) is 31.2 Å². The van der Waals surface area contributed by atoms with E-state index in [1.54, 1.807) is 0 Å². The molecule has 3 unspecified atom stereocenters. The Hall–Kier alpha value is -0.900. The summed E-state index contributed by atoms with van der Waals surface area (Å²) in [5.74, 6) is 0.882. The van der Waals surface area contributed by atoms with Gasteiger partial charge in [-0.15, -0.1) is 24.0 Å². The first-order chi connectivity index (χ1) is 13.7. The number of likely N-dealkylation sites (N-methyl/N-ethyl adjacent to an activating group) is 1. The second-order valence-corrected chi connectivity index (χ2v) is 8.27. The van der Waals surface area contributed by atoms with Crippen molar-refractivity contribution in [1.82, 2.24) is 20.4 Å². The Bertz CT molecular complexity index is 677. The second-order valence-electron chi connectivity index (χ2n) is 8.27. The smallest absolute Gasteiger partial charge is 0.191 e. The molecule has 3 atom stereocenters. The number of piperazine rings is 1. The van der Waals surface area contributed by atoms with Gasteiger partial charge in [-0.25, -0.2) is 0 Å². The topological polar surface area (TPSA) is 52.1 Å². The van der Waals surface area contributed by atoms with Crippen molar-refractivity contribution in [2.24, 2.45) is 4.99 Å². The average Bonchev–Trinajstić information content (AvgIpc) is 3.36. The van der Waals surface area contributed by atoms with Gasteiger partial charge in [0.05, 0.1) is 18.2 Å². The number of benzene rings is 1. The summed E-state index contributed by atoms with van der Waals surface area (Å²) in [7, 11) is 1.85. The van der Waals surface area contributed by atoms with E-state index in [1.165, 1.54) is 37.1 Å². The van der Waals surface area contributed by atoms with Crippen LogP contribution in [0.15, 0.2) is 29.3 Å². The molecule has 0 amide bonds. The number of hydrogen-bond acceptors (Lipinski definition) is 4. The number of rotatable bonds is 6. The largest absolute Gasteiger partial charge is 0.373 e. The molecule has 3 aliphatic heterocycles. The van der Waals surface area contributed by atoms with Crippen molar-refractivity contribution >= 4 is 29.9 Å². The number of nitrogens with zero attached hydrogens (tertiary/aromatic N) is 3. The highest BCUT2D eigenvalue weighted by Crippen LogP contribution is 2.34. The minimum atomic E-state index is 0. The molecule has 1 aromatic carbocycles. The second kappa shape index (κ2) is 10.9. The zero-order valence-electron chi connectivity index (χ0n) is 17.8. The van der Waals surface area contributed by atoms with Crippen molar-refractivity contribution in [1.29, 1.82) is 0 Å². The van der Waals surface area contributed by atoms with E-state index < -0.39 is 0 Å². The summed E-state index contributed by atoms with van der Waals surface area (Å²) >= 11 is 0. The lowest BCUT2D eigenvalue weighted by Gasteiger charge is -2.34. The fourth-order valence-electron chi connectivity index (χ4n) is 4.73. The molecule has 29 heavy (non-hydrogen) atoms. The van der Waals surface area contributed by atoms with Crippen LogP contribution in [-0.4, -0.2) is 73.8 Å². The number of aliphatic imine (C=N–C) groups is 1. The maximum atomic E-state index is 5.96. The van der Waals surface area contributed by atoms with E-state index in [9.17, 15) is 0 Å². The van der Waals surface area contributed by atoms with E-state index in [4.69, 9.17) is 4.74 Å². The van der Waals surface area contributed by atoms with Gasteiger partial charge in [0.2, 0.25) is 0 Å². The van der Waals surface area contributed by atoms with E-state index in [2.05, 4.69) is 56.6 Å². The third-order valence-corrected chi connectivity index (χ3v) is 6.52. The number of hydrogen-bond donors (Lipinski definition) is 2. The molecular formula is C22H36IN5O. The van der Waals surface area contributed by atoms with E-state index >= 15 is 0 Å². The number of guanidine groups is 1. The standard InChI is InChI=1S/C22H35N5O.HI/c1-3-26-10-12-27(13-11-26)16-18-7-5-4-6-17(18)15-24-22(23-2)25-20-14-19-8-9-21(20)28-19;/h4-7,19-21H,3,8-16H2,1-2H3,(H2,23,24,25);1H. The monoisotopic (exact) mass is 513 g/mol. The molecule has 7 heteroatoms. The van der Waals surface area contributed by atoms with Crippen LogP contribution in [0.5, 0.6) is 0 Å². The summed E-state index contributed by atoms with van der Waals surface area (Å²) < 4.78 is 5.96. The van der Waals surface area contributed by atoms with Gasteiger partial charge in [0.1, 0.15) is 0 Å². The highest BCUT2D eigenvalue weighted by molar-refractivity contribution is 14.0. The predicted octanol–water partition coefficient (Wildman–Crippen LogP) is 2.43. The number of nitrogens with one attached hydrogen (secondary N) is 2. The van der Waals surface area contributed by atoms with Crippen molar-refractivity contribution in [3.63, 3.8) is 0 Å². The predicted molar refractivity (Wildman–Crippen MR) is 129 cm³/mol. The Balaban J connectivity index is 0.00000240. The lowest BCUT2D eigenvalue weighted by atomic mass is 9.96. The van der Waals surface area contributed by atoms with E-state index in [1.807, 2.05) is 7.05 Å². The van der Waals surface area contributed by atoms with Gasteiger partial charge in [-0.2, -0.15) is 0 Å². The molecule has 0 spiro atoms. The first-order valence-corrected chi connectivity index (χ1v) is 10.9. The van der Waals surface area contributed by atoms with Gasteiger partial charge in [-0.05, 0) is 36.9 Å². The number of fused-ring (bicyclic) bond motifs is 2. The van der Waals surface area contributed by atoms with Crippen LogP contribution in [0.4, 0.5) is 0 Å². The molecule has 3 aliphatic rings. The Kier molecular flexibility index (Phi) is 8.58. The summed E-state index contributed by atoms with van der Waals surface area (Å²) in [5, 5.41) is 7.10. The molecule has 0 saturated carbocycles. The molecule has 4 rings (SSSR count). The zero-order valence-corrected chi connectivity index (χ0v) is 20.1. The average molecular weight is 513 g/mol. The molecule has 0 aliphatic carbocycles. The van der Waals surface area contributed by atoms with Crippen LogP contribution in [0.3, 0.4) is 0 Å². The summed E-state index contributed by atoms with van der Waals surface area (Å²) in [4.78, 5) is 9.54. The minimum Gasteiger partial charge on any atom is -0.373 e. The van der Waals surface area contributed by atoms with Gasteiger partial charge in [0.25, 0.3) is 0 Å². The van der Waals surface area contributed by atoms with Crippen LogP contribution in [0.25, 0.3) is 0 Å². The Morgan fingerprint density at radius 2 is 1.83 bits per heavy atom. The van der Waals surface area contributed by atoms with Crippen molar-refractivity contribution in [3.8, 4) is 0 Å². The fraction of sp³-hybridized carbons (Fsp3) is 0.682. The molecule has 0 radical (unpaired) electrons. The molecule has 3 fully saturated rings. The highest BCUT2D eigenvalue weighted by atomic mass is 127. The highest BCUT2D eigenvalue weighted by Gasteiger charge is 2.41. The molecule has 3 saturated heterocycles. The van der Waals surface area contributed by atoms with Crippen molar-refractivity contribution < 1.29 is 4.74 Å². The quantitative estimate of drug-likeness (QED) is 0.348. The summed E-state index contributed by atoms with van der Waals surface area (Å²) in [6, 6.07) is 9.19. The molecule has 162 valence electrons. The van der Waals surface area contributed by atoms with Gasteiger partial charge >= 0.3 is 0 Å². The SMILES string of the molecule is CCN1CCN(Cc2ccccc2CNC(=NC)NC2CC3CCC2O3)CC1.I. The summed E-state index contributed by atoms with van der Waals surface area (Å²) in [6.07, 6.45) is 4.31. The minimum absolute atomic E-state index is 0. The van der Waals surface area contributed by atoms with Crippen LogP contribution in [0.2, 0.25) is 0 Å². The number of halogens is 1. The Labute approximate surface area is 192 Å². The van der Waals surface area contributed by atoms with Crippen LogP contribution in [-0.2, 0) is 17.8 Å². The first kappa shape index (κ1) is 22.8. The maximum Gasteiger partial charge on any atom is 0.191 e. The molecule has 2 bridgehead atoms. The summed E-state index contributed by atoms with van der Waals surface area (Å²) in [6.45, 7) is 9.91. The fourth-order valence-corrected chi connectivity index (χ4v) is 4.73. The lowest BCUT2D eigenvalue weighted by molar-refractivity contribution is 0.0992. The van der Waals surface area contributed by atoms with Gasteiger partial charge in [0, 0.05) is 46.3 Å². The molecule has 1 aromatic rings. The van der Waals surface area contributed by atoms with E-state index in [0.29, 0.717) is 18.2 Å². The van der Waals surface area contributed by atoms with Crippen LogP contribution in [0.1, 0.15) is 37.3 Å². The van der Waals surface area contributed by atoms with Crippen LogP contribution >= 0.6 is 24.0 Å². The summed E-state index contributed by atoms with van der Waals surface area (Å²) in [5.41, 5.74) is 2.77. The third-order valence-electron chi connectivity index (χ3n) is 6.52. The normalized spacial score (nSPS) is 27.7. The Morgan fingerprint density at radius 1 is 1.10 bits per heavy atom. The van der Waals surface area contributed by atoms with Crippen molar-refractivity contribution in [3.05, 3.63) is 35.4 Å². The van der Waals surface area contributed by atoms with Crippen LogP contribution < -0.4 is 10.6 Å². The third kappa shape index (κ3) is 5.83. The maximum absolute atomic E-state index is 5.96. The molecular weight excluding hydrogens is 477 g/mol. The molecule has 2 N–H and O–H groups in total. The molecule has 6 nitrogen and oxygen atoms in total. The number of ether oxygens (including phenoxy) is 1. The van der Waals surface area contributed by atoms with E-state index in [0.717, 1.165) is 45.1 Å². The van der Waals surface area contributed by atoms with Crippen molar-refractivity contribution in [2.75, 3.05) is 39.8 Å². The molecule has 0 aromatic heterocycles. The molecule has 3 heterocycles. The zero-order chi connectivity index (χ0) is 19.3. The van der Waals surface area contributed by atoms with Gasteiger partial charge in [0.15, 0.2) is 5.96 Å². The Morgan fingerprint density at radius 3 is 2.45 bits per heavy atom.